The third-order valence-corrected chi connectivity index (χ3v) is 7.24. The van der Waals surface area contributed by atoms with Crippen LogP contribution >= 0.6 is 0 Å². The molecule has 3 nitrogen and oxygen atoms in total. The summed E-state index contributed by atoms with van der Waals surface area (Å²) in [6.45, 7) is 21.5. The largest absolute Gasteiger partial charge is 0.326 e. The molecule has 1 amide bonds. The Balaban J connectivity index is 0.000000383. The van der Waals surface area contributed by atoms with E-state index in [9.17, 15) is 4.79 Å². The molecule has 0 fully saturated rings. The molecule has 35 heavy (non-hydrogen) atoms. The third-order valence-electron chi connectivity index (χ3n) is 7.24. The van der Waals surface area contributed by atoms with Gasteiger partial charge in [0.15, 0.2) is 0 Å². The summed E-state index contributed by atoms with van der Waals surface area (Å²) in [6, 6.07) is 6.18. The van der Waals surface area contributed by atoms with Crippen molar-refractivity contribution in [2.75, 3.05) is 25.0 Å². The molecule has 0 aromatic heterocycles. The fourth-order valence-electron chi connectivity index (χ4n) is 4.91. The molecule has 0 saturated heterocycles. The van der Waals surface area contributed by atoms with Gasteiger partial charge in [0.1, 0.15) is 0 Å². The van der Waals surface area contributed by atoms with Gasteiger partial charge in [-0.15, -0.1) is 0 Å². The van der Waals surface area contributed by atoms with E-state index in [0.717, 1.165) is 24.4 Å². The van der Waals surface area contributed by atoms with E-state index in [0.29, 0.717) is 5.41 Å². The summed E-state index contributed by atoms with van der Waals surface area (Å²) in [5.41, 5.74) is 5.27. The molecule has 2 rings (SSSR count). The van der Waals surface area contributed by atoms with Gasteiger partial charge in [-0.3, -0.25) is 4.79 Å². The second-order valence-corrected chi connectivity index (χ2v) is 11.5. The summed E-state index contributed by atoms with van der Waals surface area (Å²) in [7, 11) is 0. The number of benzene rings is 1. The van der Waals surface area contributed by atoms with Crippen LogP contribution in [0.2, 0.25) is 0 Å². The monoisotopic (exact) mass is 484 g/mol. The Hall–Kier alpha value is -1.61. The molecule has 1 aliphatic carbocycles. The number of anilines is 1. The molecule has 0 radical (unpaired) electrons. The number of nitrogens with one attached hydrogen (secondary N) is 1. The van der Waals surface area contributed by atoms with E-state index < -0.39 is 0 Å². The Morgan fingerprint density at radius 3 is 2.20 bits per heavy atom. The van der Waals surface area contributed by atoms with Crippen molar-refractivity contribution in [1.29, 1.82) is 0 Å². The molecule has 1 aliphatic rings. The quantitative estimate of drug-likeness (QED) is 0.300. The molecule has 1 N–H and O–H groups in total. The maximum Gasteiger partial charge on any atom is 0.221 e. The SMILES string of the molecule is CC(=O)Nc1ccc(C)c(C2=CCC(C(C)(C)C)CC2)c1.CCCCCCN(CCC)CCCC. The Labute approximate surface area is 218 Å². The summed E-state index contributed by atoms with van der Waals surface area (Å²) in [6.07, 6.45) is 15.5. The zero-order valence-corrected chi connectivity index (χ0v) is 24.4. The maximum absolute atomic E-state index is 11.2. The summed E-state index contributed by atoms with van der Waals surface area (Å²) in [4.78, 5) is 13.9. The highest BCUT2D eigenvalue weighted by Crippen LogP contribution is 2.40. The zero-order valence-electron chi connectivity index (χ0n) is 24.4. The van der Waals surface area contributed by atoms with E-state index in [1.807, 2.05) is 6.07 Å². The topological polar surface area (TPSA) is 32.3 Å². The second kappa shape index (κ2) is 17.0. The maximum atomic E-state index is 11.2. The van der Waals surface area contributed by atoms with Crippen molar-refractivity contribution in [3.05, 3.63) is 35.4 Å². The van der Waals surface area contributed by atoms with Crippen molar-refractivity contribution in [2.45, 2.75) is 120 Å². The fraction of sp³-hybridized carbons (Fsp3) is 0.719. The zero-order chi connectivity index (χ0) is 26.3. The minimum atomic E-state index is -0.0183. The molecule has 0 saturated carbocycles. The lowest BCUT2D eigenvalue weighted by atomic mass is 9.72. The van der Waals surface area contributed by atoms with Crippen LogP contribution in [0.5, 0.6) is 0 Å². The van der Waals surface area contributed by atoms with Crippen molar-refractivity contribution in [3.8, 4) is 0 Å². The second-order valence-electron chi connectivity index (χ2n) is 11.5. The number of hydrogen-bond acceptors (Lipinski definition) is 2. The molecule has 0 bridgehead atoms. The van der Waals surface area contributed by atoms with E-state index in [1.165, 1.54) is 87.7 Å². The first-order valence-corrected chi connectivity index (χ1v) is 14.4. The van der Waals surface area contributed by atoms with E-state index in [4.69, 9.17) is 0 Å². The number of unbranched alkanes of at least 4 members (excludes halogenated alkanes) is 4. The van der Waals surface area contributed by atoms with Gasteiger partial charge in [0.25, 0.3) is 0 Å². The van der Waals surface area contributed by atoms with Gasteiger partial charge in [0, 0.05) is 12.6 Å². The molecule has 1 aromatic rings. The van der Waals surface area contributed by atoms with Crippen LogP contribution in [-0.2, 0) is 4.79 Å². The minimum absolute atomic E-state index is 0.0183. The van der Waals surface area contributed by atoms with Crippen molar-refractivity contribution in [3.63, 3.8) is 0 Å². The van der Waals surface area contributed by atoms with E-state index in [1.54, 1.807) is 6.92 Å². The smallest absolute Gasteiger partial charge is 0.221 e. The van der Waals surface area contributed by atoms with Crippen LogP contribution in [0.3, 0.4) is 0 Å². The van der Waals surface area contributed by atoms with Crippen LogP contribution in [0, 0.1) is 18.3 Å². The van der Waals surface area contributed by atoms with E-state index in [-0.39, 0.29) is 5.91 Å². The number of carbonyl (C=O) groups excluding carboxylic acids is 1. The highest BCUT2D eigenvalue weighted by atomic mass is 16.1. The molecule has 200 valence electrons. The number of amides is 1. The van der Waals surface area contributed by atoms with Gasteiger partial charge in [-0.25, -0.2) is 0 Å². The Kier molecular flexibility index (Phi) is 15.2. The van der Waals surface area contributed by atoms with Crippen molar-refractivity contribution < 1.29 is 4.79 Å². The lowest BCUT2D eigenvalue weighted by Crippen LogP contribution is -2.26. The first-order chi connectivity index (χ1) is 16.6. The number of hydrogen-bond donors (Lipinski definition) is 1. The molecular formula is C32H56N2O. The fourth-order valence-corrected chi connectivity index (χ4v) is 4.91. The molecule has 1 unspecified atom stereocenters. The van der Waals surface area contributed by atoms with Gasteiger partial charge >= 0.3 is 0 Å². The van der Waals surface area contributed by atoms with Crippen molar-refractivity contribution >= 4 is 17.2 Å². The average Bonchev–Trinajstić information content (AvgIpc) is 2.81. The number of carbonyl (C=O) groups is 1. The molecule has 3 heteroatoms. The first kappa shape index (κ1) is 31.4. The summed E-state index contributed by atoms with van der Waals surface area (Å²) in [5.74, 6) is 0.746. The van der Waals surface area contributed by atoms with Crippen molar-refractivity contribution in [1.82, 2.24) is 4.90 Å². The minimum Gasteiger partial charge on any atom is -0.326 e. The Morgan fingerprint density at radius 2 is 1.66 bits per heavy atom. The van der Waals surface area contributed by atoms with Crippen LogP contribution in [0.25, 0.3) is 5.57 Å². The van der Waals surface area contributed by atoms with Gasteiger partial charge in [0.2, 0.25) is 5.91 Å². The van der Waals surface area contributed by atoms with Crippen molar-refractivity contribution in [2.24, 2.45) is 11.3 Å². The molecule has 1 atom stereocenters. The van der Waals surface area contributed by atoms with Gasteiger partial charge in [-0.05, 0) is 105 Å². The molecule has 0 heterocycles. The summed E-state index contributed by atoms with van der Waals surface area (Å²) in [5, 5.41) is 2.88. The van der Waals surface area contributed by atoms with E-state index in [2.05, 4.69) is 76.9 Å². The van der Waals surface area contributed by atoms with Gasteiger partial charge in [-0.1, -0.05) is 79.4 Å². The lowest BCUT2D eigenvalue weighted by molar-refractivity contribution is -0.114. The Morgan fingerprint density at radius 1 is 0.971 bits per heavy atom. The van der Waals surface area contributed by atoms with Crippen LogP contribution in [0.4, 0.5) is 5.69 Å². The predicted molar refractivity (Wildman–Crippen MR) is 156 cm³/mol. The highest BCUT2D eigenvalue weighted by Gasteiger charge is 2.26. The number of aryl methyl sites for hydroxylation is 1. The van der Waals surface area contributed by atoms with Crippen LogP contribution in [-0.4, -0.2) is 30.4 Å². The van der Waals surface area contributed by atoms with E-state index >= 15 is 0 Å². The molecular weight excluding hydrogens is 428 g/mol. The highest BCUT2D eigenvalue weighted by molar-refractivity contribution is 5.89. The standard InChI is InChI=1S/C19H27NO.C13H29N/c1-13-6-11-17(20-14(2)21)12-18(13)15-7-9-16(10-8-15)19(3,4)5;1-4-7-9-10-13-14(11-6-3)12-8-5-2/h6-7,11-12,16H,8-10H2,1-5H3,(H,20,21);4-13H2,1-3H3. The summed E-state index contributed by atoms with van der Waals surface area (Å²) < 4.78 is 0. The number of allylic oxidation sites excluding steroid dienone is 2. The number of nitrogens with zero attached hydrogens (tertiary/aromatic N) is 1. The first-order valence-electron chi connectivity index (χ1n) is 14.4. The average molecular weight is 485 g/mol. The third kappa shape index (κ3) is 12.8. The summed E-state index contributed by atoms with van der Waals surface area (Å²) >= 11 is 0. The molecule has 0 spiro atoms. The number of rotatable bonds is 12. The van der Waals surface area contributed by atoms with Gasteiger partial charge < -0.3 is 10.2 Å². The normalized spacial score (nSPS) is 15.9. The predicted octanol–water partition coefficient (Wildman–Crippen LogP) is 9.26. The lowest BCUT2D eigenvalue weighted by Gasteiger charge is -2.33. The molecule has 1 aromatic carbocycles. The van der Waals surface area contributed by atoms with Crippen LogP contribution < -0.4 is 5.32 Å². The Bertz CT molecular complexity index is 759. The van der Waals surface area contributed by atoms with Crippen LogP contribution in [0.15, 0.2) is 24.3 Å². The molecule has 0 aliphatic heterocycles. The van der Waals surface area contributed by atoms with Crippen LogP contribution in [0.1, 0.15) is 124 Å². The van der Waals surface area contributed by atoms with Gasteiger partial charge in [-0.2, -0.15) is 0 Å². The van der Waals surface area contributed by atoms with Gasteiger partial charge in [0.05, 0.1) is 0 Å².